The number of amides is 3. The van der Waals surface area contributed by atoms with Gasteiger partial charge in [-0.25, -0.2) is 4.98 Å². The first kappa shape index (κ1) is 35.9. The Morgan fingerprint density at radius 3 is 2.21 bits per heavy atom. The van der Waals surface area contributed by atoms with Crippen LogP contribution < -0.4 is 16.0 Å². The summed E-state index contributed by atoms with van der Waals surface area (Å²) in [7, 11) is 0. The summed E-state index contributed by atoms with van der Waals surface area (Å²) in [5, 5.41) is 21.3. The summed E-state index contributed by atoms with van der Waals surface area (Å²) in [6.45, 7) is 0. The van der Waals surface area contributed by atoms with Gasteiger partial charge in [-0.3, -0.25) is 24.5 Å². The Hall–Kier alpha value is -5.89. The number of anilines is 2. The SMILES string of the molecule is O=C(Nc1cccc(SC(C(=O)Nc2nc(-c3ccc(Br)cc3)cs2)c2ccccc2)c1)/C(=C\c1ccc([N+](=O)[O-])cc1)NC(=O)c1ccccc1. The molecule has 0 saturated carbocycles. The number of hydrogen-bond donors (Lipinski definition) is 3. The Morgan fingerprint density at radius 2 is 1.52 bits per heavy atom. The van der Waals surface area contributed by atoms with E-state index in [-0.39, 0.29) is 17.3 Å². The molecule has 0 aliphatic rings. The lowest BCUT2D eigenvalue weighted by Gasteiger charge is -2.17. The first-order chi connectivity index (χ1) is 25.2. The molecule has 0 fully saturated rings. The second kappa shape index (κ2) is 16.9. The summed E-state index contributed by atoms with van der Waals surface area (Å²) in [5.41, 5.74) is 3.51. The van der Waals surface area contributed by atoms with Crippen LogP contribution in [0, 0.1) is 10.1 Å². The number of carbonyl (C=O) groups excluding carboxylic acids is 3. The van der Waals surface area contributed by atoms with Gasteiger partial charge in [0.05, 0.1) is 10.6 Å². The van der Waals surface area contributed by atoms with Crippen molar-refractivity contribution in [2.24, 2.45) is 0 Å². The number of thiazole rings is 1. The van der Waals surface area contributed by atoms with E-state index >= 15 is 0 Å². The highest BCUT2D eigenvalue weighted by molar-refractivity contribution is 9.10. The summed E-state index contributed by atoms with van der Waals surface area (Å²) in [6.07, 6.45) is 1.44. The largest absolute Gasteiger partial charge is 0.321 e. The van der Waals surface area contributed by atoms with Crippen LogP contribution in [0.15, 0.2) is 154 Å². The highest BCUT2D eigenvalue weighted by Gasteiger charge is 2.24. The fourth-order valence-corrected chi connectivity index (χ4v) is 7.01. The zero-order chi connectivity index (χ0) is 36.5. The summed E-state index contributed by atoms with van der Waals surface area (Å²) in [4.78, 5) is 56.5. The molecule has 1 aromatic heterocycles. The molecule has 0 bridgehead atoms. The first-order valence-corrected chi connectivity index (χ1v) is 18.2. The molecule has 3 N–H and O–H groups in total. The van der Waals surface area contributed by atoms with E-state index in [0.717, 1.165) is 21.3 Å². The number of aromatic nitrogens is 1. The van der Waals surface area contributed by atoms with Crippen LogP contribution in [0.25, 0.3) is 17.3 Å². The molecular weight excluding hydrogens is 762 g/mol. The Balaban J connectivity index is 1.21. The van der Waals surface area contributed by atoms with Crippen LogP contribution in [-0.4, -0.2) is 27.6 Å². The fourth-order valence-electron chi connectivity index (χ4n) is 4.94. The highest BCUT2D eigenvalue weighted by atomic mass is 79.9. The van der Waals surface area contributed by atoms with E-state index < -0.39 is 22.0 Å². The molecule has 6 rings (SSSR count). The van der Waals surface area contributed by atoms with E-state index in [0.29, 0.717) is 26.8 Å². The number of hydrogen-bond acceptors (Lipinski definition) is 8. The molecule has 3 amide bonds. The zero-order valence-corrected chi connectivity index (χ0v) is 30.3. The van der Waals surface area contributed by atoms with E-state index in [9.17, 15) is 24.5 Å². The normalized spacial score (nSPS) is 11.7. The number of carbonyl (C=O) groups is 3. The lowest BCUT2D eigenvalue weighted by atomic mass is 10.1. The molecule has 258 valence electrons. The predicted molar refractivity (Wildman–Crippen MR) is 209 cm³/mol. The average molecular weight is 791 g/mol. The minimum absolute atomic E-state index is 0.0757. The molecule has 13 heteroatoms. The van der Waals surface area contributed by atoms with E-state index in [2.05, 4.69) is 36.9 Å². The number of non-ortho nitro benzene ring substituents is 1. The Bertz CT molecular complexity index is 2250. The smallest absolute Gasteiger partial charge is 0.272 e. The molecule has 1 unspecified atom stereocenters. The third-order valence-corrected chi connectivity index (χ3v) is 10.0. The molecule has 0 spiro atoms. The molecule has 0 aliphatic heterocycles. The number of benzene rings is 5. The van der Waals surface area contributed by atoms with Crippen LogP contribution in [0.2, 0.25) is 0 Å². The quantitative estimate of drug-likeness (QED) is 0.0485. The van der Waals surface area contributed by atoms with E-state index in [1.807, 2.05) is 66.0 Å². The van der Waals surface area contributed by atoms with Crippen LogP contribution in [-0.2, 0) is 9.59 Å². The van der Waals surface area contributed by atoms with E-state index in [1.165, 1.54) is 53.4 Å². The first-order valence-electron chi connectivity index (χ1n) is 15.7. The van der Waals surface area contributed by atoms with Crippen molar-refractivity contribution in [3.8, 4) is 11.3 Å². The number of halogens is 1. The molecule has 0 radical (unpaired) electrons. The van der Waals surface area contributed by atoms with Gasteiger partial charge in [0.1, 0.15) is 10.9 Å². The number of nitrogens with zero attached hydrogens (tertiary/aromatic N) is 2. The van der Waals surface area contributed by atoms with Crippen LogP contribution in [0.3, 0.4) is 0 Å². The standard InChI is InChI=1S/C39H28BrN5O5S2/c40-29-18-16-26(17-19-29)34-24-51-39(43-34)44-38(48)35(27-8-3-1-4-9-27)52-32-13-7-12-30(23-32)41-37(47)33(42-36(46)28-10-5-2-6-11-28)22-25-14-20-31(21-15-25)45(49)50/h1-24,35H,(H,41,47)(H,42,46)(H,43,44,48)/b33-22+. The Labute approximate surface area is 315 Å². The van der Waals surface area contributed by atoms with Gasteiger partial charge in [0.15, 0.2) is 5.13 Å². The molecule has 0 saturated heterocycles. The number of nitro benzene ring substituents is 1. The predicted octanol–water partition coefficient (Wildman–Crippen LogP) is 9.36. The van der Waals surface area contributed by atoms with Crippen molar-refractivity contribution in [3.63, 3.8) is 0 Å². The van der Waals surface area contributed by atoms with Crippen molar-refractivity contribution in [1.29, 1.82) is 0 Å². The van der Waals surface area contributed by atoms with Gasteiger partial charge in [0.2, 0.25) is 5.91 Å². The van der Waals surface area contributed by atoms with Crippen molar-refractivity contribution in [1.82, 2.24) is 10.3 Å². The maximum atomic E-state index is 13.8. The van der Waals surface area contributed by atoms with E-state index in [1.54, 1.807) is 48.5 Å². The molecule has 1 atom stereocenters. The monoisotopic (exact) mass is 789 g/mol. The highest BCUT2D eigenvalue weighted by Crippen LogP contribution is 2.38. The molecule has 52 heavy (non-hydrogen) atoms. The third-order valence-electron chi connectivity index (χ3n) is 7.50. The van der Waals surface area contributed by atoms with Gasteiger partial charge >= 0.3 is 0 Å². The number of nitro groups is 1. The van der Waals surface area contributed by atoms with Crippen LogP contribution in [0.1, 0.15) is 26.7 Å². The van der Waals surface area contributed by atoms with Gasteiger partial charge in [0.25, 0.3) is 17.5 Å². The van der Waals surface area contributed by atoms with Gasteiger partial charge in [-0.2, -0.15) is 0 Å². The van der Waals surface area contributed by atoms with Crippen LogP contribution in [0.4, 0.5) is 16.5 Å². The second-order valence-electron chi connectivity index (χ2n) is 11.2. The van der Waals surface area contributed by atoms with Crippen LogP contribution >= 0.6 is 39.0 Å². The average Bonchev–Trinajstić information content (AvgIpc) is 3.63. The van der Waals surface area contributed by atoms with Gasteiger partial charge in [0, 0.05) is 43.7 Å². The molecule has 10 nitrogen and oxygen atoms in total. The van der Waals surface area contributed by atoms with Crippen molar-refractivity contribution in [2.45, 2.75) is 10.1 Å². The summed E-state index contributed by atoms with van der Waals surface area (Å²) in [5.74, 6) is -1.39. The van der Waals surface area contributed by atoms with Crippen molar-refractivity contribution < 1.29 is 19.3 Å². The molecular formula is C39H28BrN5O5S2. The number of rotatable bonds is 12. The van der Waals surface area contributed by atoms with Gasteiger partial charge in [-0.15, -0.1) is 23.1 Å². The van der Waals surface area contributed by atoms with Crippen LogP contribution in [0.5, 0.6) is 0 Å². The maximum Gasteiger partial charge on any atom is 0.272 e. The van der Waals surface area contributed by atoms with Crippen molar-refractivity contribution in [2.75, 3.05) is 10.6 Å². The number of thioether (sulfide) groups is 1. The minimum Gasteiger partial charge on any atom is -0.321 e. The summed E-state index contributed by atoms with van der Waals surface area (Å²) >= 11 is 6.09. The lowest BCUT2D eigenvalue weighted by Crippen LogP contribution is -2.30. The molecule has 5 aromatic carbocycles. The van der Waals surface area contributed by atoms with Crippen molar-refractivity contribution in [3.05, 3.63) is 176 Å². The maximum absolute atomic E-state index is 13.8. The molecule has 0 aliphatic carbocycles. The topological polar surface area (TPSA) is 143 Å². The summed E-state index contributed by atoms with van der Waals surface area (Å²) in [6, 6.07) is 38.2. The Kier molecular flexibility index (Phi) is 11.7. The summed E-state index contributed by atoms with van der Waals surface area (Å²) < 4.78 is 0.959. The fraction of sp³-hybridized carbons (Fsp3) is 0.0256. The van der Waals surface area contributed by atoms with Gasteiger partial charge < -0.3 is 16.0 Å². The van der Waals surface area contributed by atoms with Gasteiger partial charge in [-0.1, -0.05) is 82.7 Å². The zero-order valence-electron chi connectivity index (χ0n) is 27.1. The Morgan fingerprint density at radius 1 is 0.827 bits per heavy atom. The minimum atomic E-state index is -0.657. The van der Waals surface area contributed by atoms with E-state index in [4.69, 9.17) is 0 Å². The second-order valence-corrected chi connectivity index (χ2v) is 14.1. The third kappa shape index (κ3) is 9.46. The number of nitrogens with one attached hydrogen (secondary N) is 3. The lowest BCUT2D eigenvalue weighted by molar-refractivity contribution is -0.384. The molecule has 1 heterocycles. The van der Waals surface area contributed by atoms with Gasteiger partial charge in [-0.05, 0) is 71.8 Å². The van der Waals surface area contributed by atoms with Crippen molar-refractivity contribution >= 4 is 79.3 Å². The molecule has 6 aromatic rings.